The summed E-state index contributed by atoms with van der Waals surface area (Å²) in [6, 6.07) is 13.1. The molecule has 0 fully saturated rings. The number of benzene rings is 2. The number of hydrogen-bond acceptors (Lipinski definition) is 7. The summed E-state index contributed by atoms with van der Waals surface area (Å²) in [5, 5.41) is 11.1. The van der Waals surface area contributed by atoms with E-state index in [4.69, 9.17) is 0 Å². The van der Waals surface area contributed by atoms with Gasteiger partial charge in [0.25, 0.3) is 21.3 Å². The number of carbonyl (C=O) groups excluding carboxylic acids is 1. The number of anilines is 1. The third-order valence-electron chi connectivity index (χ3n) is 4.10. The van der Waals surface area contributed by atoms with Gasteiger partial charge in [-0.3, -0.25) is 24.2 Å². The van der Waals surface area contributed by atoms with Crippen molar-refractivity contribution in [3.8, 4) is 5.69 Å². The minimum atomic E-state index is -4.12. The second kappa shape index (κ2) is 8.17. The van der Waals surface area contributed by atoms with E-state index in [1.54, 1.807) is 0 Å². The van der Waals surface area contributed by atoms with E-state index in [1.165, 1.54) is 74.0 Å². The van der Waals surface area contributed by atoms with Gasteiger partial charge < -0.3 is 4.74 Å². The van der Waals surface area contributed by atoms with E-state index in [9.17, 15) is 28.1 Å². The molecule has 0 unspecified atom stereocenters. The Kier molecular flexibility index (Phi) is 5.65. The van der Waals surface area contributed by atoms with E-state index < -0.39 is 26.5 Å². The lowest BCUT2D eigenvalue weighted by Gasteiger charge is -2.10. The molecule has 1 aromatic heterocycles. The number of ether oxygens (including phenoxy) is 1. The van der Waals surface area contributed by atoms with Crippen LogP contribution in [0.2, 0.25) is 0 Å². The number of methoxy groups -OCH3 is 1. The summed E-state index contributed by atoms with van der Waals surface area (Å²) in [5.74, 6) is -0.628. The van der Waals surface area contributed by atoms with E-state index in [0.29, 0.717) is 5.69 Å². The van der Waals surface area contributed by atoms with Crippen molar-refractivity contribution in [1.82, 2.24) is 4.57 Å². The summed E-state index contributed by atoms with van der Waals surface area (Å²) in [4.78, 5) is 34.0. The Bertz CT molecular complexity index is 1280. The second-order valence-electron chi connectivity index (χ2n) is 5.99. The first-order chi connectivity index (χ1) is 14.2. The Balaban J connectivity index is 1.94. The summed E-state index contributed by atoms with van der Waals surface area (Å²) < 4.78 is 33.2. The molecule has 0 spiro atoms. The number of nitro benzene ring substituents is 1. The maximum absolute atomic E-state index is 12.6. The predicted molar refractivity (Wildman–Crippen MR) is 107 cm³/mol. The van der Waals surface area contributed by atoms with Crippen LogP contribution in [0.1, 0.15) is 10.4 Å². The topological polar surface area (TPSA) is 138 Å². The third kappa shape index (κ3) is 4.20. The highest BCUT2D eigenvalue weighted by Crippen LogP contribution is 2.26. The molecule has 0 aliphatic carbocycles. The molecule has 10 nitrogen and oxygen atoms in total. The van der Waals surface area contributed by atoms with Crippen molar-refractivity contribution in [2.45, 2.75) is 4.90 Å². The molecule has 0 amide bonds. The van der Waals surface area contributed by atoms with Crippen LogP contribution in [0.15, 0.2) is 76.6 Å². The molecule has 11 heteroatoms. The third-order valence-corrected chi connectivity index (χ3v) is 5.48. The summed E-state index contributed by atoms with van der Waals surface area (Å²) in [5.41, 5.74) is -0.531. The van der Waals surface area contributed by atoms with Crippen molar-refractivity contribution in [3.05, 3.63) is 92.9 Å². The number of carbonyl (C=O) groups is 1. The van der Waals surface area contributed by atoms with Crippen molar-refractivity contribution in [3.63, 3.8) is 0 Å². The maximum Gasteiger partial charge on any atom is 0.339 e. The second-order valence-corrected chi connectivity index (χ2v) is 7.67. The van der Waals surface area contributed by atoms with Crippen molar-refractivity contribution in [2.75, 3.05) is 11.8 Å². The molecule has 1 heterocycles. The van der Waals surface area contributed by atoms with E-state index in [1.807, 2.05) is 0 Å². The van der Waals surface area contributed by atoms with Crippen LogP contribution in [-0.4, -0.2) is 31.0 Å². The lowest BCUT2D eigenvalue weighted by atomic mass is 10.2. The Morgan fingerprint density at radius 2 is 1.73 bits per heavy atom. The van der Waals surface area contributed by atoms with Crippen LogP contribution in [0.25, 0.3) is 5.69 Å². The van der Waals surface area contributed by atoms with Gasteiger partial charge in [-0.1, -0.05) is 12.1 Å². The molecule has 2 aromatic carbocycles. The largest absolute Gasteiger partial charge is 0.465 e. The molecular weight excluding hydrogens is 414 g/mol. The summed E-state index contributed by atoms with van der Waals surface area (Å²) in [7, 11) is -2.91. The number of nitrogens with one attached hydrogen (secondary N) is 1. The lowest BCUT2D eigenvalue weighted by molar-refractivity contribution is -0.383. The van der Waals surface area contributed by atoms with Gasteiger partial charge in [0.15, 0.2) is 0 Å². The Hall–Kier alpha value is -3.99. The van der Waals surface area contributed by atoms with Crippen LogP contribution in [0, 0.1) is 10.1 Å². The van der Waals surface area contributed by atoms with Crippen LogP contribution < -0.4 is 10.3 Å². The number of rotatable bonds is 6. The van der Waals surface area contributed by atoms with Gasteiger partial charge in [-0.15, -0.1) is 0 Å². The van der Waals surface area contributed by atoms with E-state index in [0.717, 1.165) is 4.57 Å². The minimum absolute atomic E-state index is 0.145. The van der Waals surface area contributed by atoms with Crippen LogP contribution in [0.4, 0.5) is 11.4 Å². The molecule has 0 radical (unpaired) electrons. The molecule has 0 saturated heterocycles. The molecule has 154 valence electrons. The summed E-state index contributed by atoms with van der Waals surface area (Å²) >= 11 is 0. The van der Waals surface area contributed by atoms with Gasteiger partial charge in [-0.25, -0.2) is 13.2 Å². The Labute approximate surface area is 170 Å². The fourth-order valence-corrected chi connectivity index (χ4v) is 3.71. The number of pyridine rings is 1. The van der Waals surface area contributed by atoms with Gasteiger partial charge in [0.05, 0.1) is 22.5 Å². The standard InChI is InChI=1S/C19H15N3O7S/c1-29-19(24)13-6-11-18(23)21(12-13)14-7-9-15(10-8-14)30(27,28)20-16-4-2-3-5-17(16)22(25)26/h2-12,20H,1H3. The van der Waals surface area contributed by atoms with Gasteiger partial charge in [0.1, 0.15) is 5.69 Å². The van der Waals surface area contributed by atoms with Crippen molar-refractivity contribution < 1.29 is 22.9 Å². The van der Waals surface area contributed by atoms with Crippen molar-refractivity contribution in [1.29, 1.82) is 0 Å². The minimum Gasteiger partial charge on any atom is -0.465 e. The SMILES string of the molecule is COC(=O)c1ccc(=O)n(-c2ccc(S(=O)(=O)Nc3ccccc3[N+](=O)[O-])cc2)c1. The zero-order valence-corrected chi connectivity index (χ0v) is 16.3. The smallest absolute Gasteiger partial charge is 0.339 e. The molecule has 0 aliphatic heterocycles. The number of para-hydroxylation sites is 2. The van der Waals surface area contributed by atoms with Crippen molar-refractivity contribution in [2.24, 2.45) is 0 Å². The van der Waals surface area contributed by atoms with Crippen LogP contribution in [0.5, 0.6) is 0 Å². The average molecular weight is 429 g/mol. The normalized spacial score (nSPS) is 11.0. The molecule has 0 saturated carbocycles. The predicted octanol–water partition coefficient (Wildman–Crippen LogP) is 2.33. The molecular formula is C19H15N3O7S. The highest BCUT2D eigenvalue weighted by Gasteiger charge is 2.20. The number of esters is 1. The molecule has 0 atom stereocenters. The van der Waals surface area contributed by atoms with Gasteiger partial charge >= 0.3 is 5.97 Å². The number of nitro groups is 1. The first-order valence-electron chi connectivity index (χ1n) is 8.40. The van der Waals surface area contributed by atoms with Crippen LogP contribution in [-0.2, 0) is 14.8 Å². The lowest BCUT2D eigenvalue weighted by Crippen LogP contribution is -2.19. The molecule has 3 aromatic rings. The number of hydrogen-bond donors (Lipinski definition) is 1. The average Bonchev–Trinajstić information content (AvgIpc) is 2.73. The van der Waals surface area contributed by atoms with E-state index in [2.05, 4.69) is 9.46 Å². The van der Waals surface area contributed by atoms with Gasteiger partial charge in [-0.05, 0) is 36.4 Å². The number of nitrogens with zero attached hydrogens (tertiary/aromatic N) is 2. The van der Waals surface area contributed by atoms with Gasteiger partial charge in [0, 0.05) is 24.0 Å². The zero-order valence-electron chi connectivity index (χ0n) is 15.5. The quantitative estimate of drug-likeness (QED) is 0.360. The fourth-order valence-electron chi connectivity index (χ4n) is 2.64. The van der Waals surface area contributed by atoms with E-state index in [-0.39, 0.29) is 21.8 Å². The molecule has 0 aliphatic rings. The number of sulfonamides is 1. The first-order valence-corrected chi connectivity index (χ1v) is 9.89. The molecule has 1 N–H and O–H groups in total. The van der Waals surface area contributed by atoms with Gasteiger partial charge in [0.2, 0.25) is 0 Å². The van der Waals surface area contributed by atoms with E-state index >= 15 is 0 Å². The van der Waals surface area contributed by atoms with Crippen LogP contribution in [0.3, 0.4) is 0 Å². The van der Waals surface area contributed by atoms with Crippen molar-refractivity contribution >= 4 is 27.4 Å². The van der Waals surface area contributed by atoms with Crippen LogP contribution >= 0.6 is 0 Å². The highest BCUT2D eigenvalue weighted by atomic mass is 32.2. The Morgan fingerprint density at radius 3 is 2.37 bits per heavy atom. The monoisotopic (exact) mass is 429 g/mol. The fraction of sp³-hybridized carbons (Fsp3) is 0.0526. The first kappa shape index (κ1) is 20.7. The number of aromatic nitrogens is 1. The summed E-state index contributed by atoms with van der Waals surface area (Å²) in [6.07, 6.45) is 1.28. The highest BCUT2D eigenvalue weighted by molar-refractivity contribution is 7.92. The molecule has 0 bridgehead atoms. The summed E-state index contributed by atoms with van der Waals surface area (Å²) in [6.45, 7) is 0. The van der Waals surface area contributed by atoms with Gasteiger partial charge in [-0.2, -0.15) is 0 Å². The zero-order chi connectivity index (χ0) is 21.9. The Morgan fingerprint density at radius 1 is 1.07 bits per heavy atom. The molecule has 30 heavy (non-hydrogen) atoms. The molecule has 3 rings (SSSR count). The maximum atomic E-state index is 12.6.